The Balaban J connectivity index is 2.19. The van der Waals surface area contributed by atoms with Crippen LogP contribution in [0.2, 0.25) is 0 Å². The number of hydrogen-bond donors (Lipinski definition) is 0. The van der Waals surface area contributed by atoms with Crippen LogP contribution >= 0.6 is 11.3 Å². The lowest BCUT2D eigenvalue weighted by Gasteiger charge is -2.18. The fourth-order valence-corrected chi connectivity index (χ4v) is 3.54. The first-order valence-electron chi connectivity index (χ1n) is 7.63. The van der Waals surface area contributed by atoms with E-state index in [2.05, 4.69) is 93.6 Å². The minimum Gasteiger partial charge on any atom is -0.0622 e. The highest BCUT2D eigenvalue weighted by Gasteiger charge is 2.23. The Morgan fingerprint density at radius 3 is 1.41 bits per heavy atom. The number of rotatable bonds is 2. The van der Waals surface area contributed by atoms with Gasteiger partial charge >= 0.3 is 0 Å². The maximum Gasteiger partial charge on any atom is 0.239 e. The van der Waals surface area contributed by atoms with Crippen LogP contribution in [0.3, 0.4) is 0 Å². The molecule has 0 aliphatic rings. The van der Waals surface area contributed by atoms with E-state index in [1.807, 2.05) is 11.3 Å². The van der Waals surface area contributed by atoms with E-state index in [0.29, 0.717) is 0 Å². The lowest BCUT2D eigenvalue weighted by atomic mass is 9.87. The highest BCUT2D eigenvalue weighted by Crippen LogP contribution is 2.37. The van der Waals surface area contributed by atoms with Gasteiger partial charge in [-0.25, -0.2) is 0 Å². The van der Waals surface area contributed by atoms with Gasteiger partial charge in [0.05, 0.1) is 0 Å². The summed E-state index contributed by atoms with van der Waals surface area (Å²) in [6, 6.07) is 26.0. The molecule has 0 aliphatic heterocycles. The first-order valence-corrected chi connectivity index (χ1v) is 8.45. The molecule has 1 heterocycles. The SMILES string of the molecule is CC(C)(C)c1cc(-c2ccccc2)[s+]c(-c2ccccc2)c1. The van der Waals surface area contributed by atoms with Crippen LogP contribution in [-0.4, -0.2) is 0 Å². The Morgan fingerprint density at radius 2 is 1.05 bits per heavy atom. The van der Waals surface area contributed by atoms with Gasteiger partial charge in [-0.1, -0.05) is 57.2 Å². The molecular weight excluding hydrogens is 284 g/mol. The summed E-state index contributed by atoms with van der Waals surface area (Å²) >= 11 is 1.86. The highest BCUT2D eigenvalue weighted by atomic mass is 32.1. The van der Waals surface area contributed by atoms with Crippen molar-refractivity contribution < 1.29 is 0 Å². The van der Waals surface area contributed by atoms with Gasteiger partial charge in [0, 0.05) is 23.3 Å². The zero-order valence-corrected chi connectivity index (χ0v) is 14.2. The molecule has 22 heavy (non-hydrogen) atoms. The van der Waals surface area contributed by atoms with E-state index >= 15 is 0 Å². The Morgan fingerprint density at radius 1 is 0.636 bits per heavy atom. The first kappa shape index (κ1) is 14.9. The van der Waals surface area contributed by atoms with Crippen molar-refractivity contribution in [3.63, 3.8) is 0 Å². The van der Waals surface area contributed by atoms with Crippen LogP contribution in [0.5, 0.6) is 0 Å². The predicted octanol–water partition coefficient (Wildman–Crippen LogP) is 6.66. The molecule has 0 bridgehead atoms. The van der Waals surface area contributed by atoms with Crippen LogP contribution in [0.1, 0.15) is 26.3 Å². The molecule has 0 N–H and O–H groups in total. The van der Waals surface area contributed by atoms with E-state index in [4.69, 9.17) is 0 Å². The van der Waals surface area contributed by atoms with Gasteiger partial charge in [0.25, 0.3) is 0 Å². The third kappa shape index (κ3) is 3.26. The third-order valence-electron chi connectivity index (χ3n) is 3.78. The molecule has 1 aromatic heterocycles. The topological polar surface area (TPSA) is 0 Å². The molecule has 0 saturated carbocycles. The smallest absolute Gasteiger partial charge is 0.0622 e. The third-order valence-corrected chi connectivity index (χ3v) is 4.92. The second-order valence-corrected chi connectivity index (χ2v) is 7.64. The van der Waals surface area contributed by atoms with Gasteiger partial charge in [-0.15, -0.1) is 0 Å². The molecule has 110 valence electrons. The lowest BCUT2D eigenvalue weighted by molar-refractivity contribution is 0.591. The van der Waals surface area contributed by atoms with Gasteiger partial charge in [-0.2, -0.15) is 0 Å². The summed E-state index contributed by atoms with van der Waals surface area (Å²) in [5, 5.41) is 0. The quantitative estimate of drug-likeness (QED) is 0.464. The van der Waals surface area contributed by atoms with Gasteiger partial charge in [-0.3, -0.25) is 0 Å². The molecule has 0 atom stereocenters. The van der Waals surface area contributed by atoms with Crippen molar-refractivity contribution in [1.82, 2.24) is 0 Å². The fourth-order valence-electron chi connectivity index (χ4n) is 2.42. The van der Waals surface area contributed by atoms with Crippen LogP contribution in [-0.2, 0) is 5.41 Å². The Kier molecular flexibility index (Phi) is 4.08. The zero-order chi connectivity index (χ0) is 15.6. The second kappa shape index (κ2) is 6.02. The van der Waals surface area contributed by atoms with Crippen LogP contribution in [0.25, 0.3) is 20.9 Å². The standard InChI is InChI=1S/C21H21S/c1-21(2,3)18-14-19(16-10-6-4-7-11-16)22-20(15-18)17-12-8-5-9-13-17/h4-15H,1-3H3/q+1. The van der Waals surface area contributed by atoms with Gasteiger partial charge < -0.3 is 0 Å². The summed E-state index contributed by atoms with van der Waals surface area (Å²) in [5.41, 5.74) is 4.09. The van der Waals surface area contributed by atoms with Gasteiger partial charge in [-0.05, 0) is 35.2 Å². The van der Waals surface area contributed by atoms with Crippen molar-refractivity contribution in [1.29, 1.82) is 0 Å². The summed E-state index contributed by atoms with van der Waals surface area (Å²) in [6.45, 7) is 6.82. The molecule has 3 rings (SSSR count). The summed E-state index contributed by atoms with van der Waals surface area (Å²) in [5.74, 6) is 0. The normalized spacial score (nSPS) is 11.4. The average Bonchev–Trinajstić information content (AvgIpc) is 2.55. The minimum absolute atomic E-state index is 0.140. The Bertz CT molecular complexity index is 695. The van der Waals surface area contributed by atoms with Gasteiger partial charge in [0.1, 0.15) is 0 Å². The van der Waals surface area contributed by atoms with Crippen molar-refractivity contribution in [3.05, 3.63) is 78.4 Å². The Labute approximate surface area is 137 Å². The van der Waals surface area contributed by atoms with Gasteiger partial charge in [0.15, 0.2) is 0 Å². The van der Waals surface area contributed by atoms with Crippen molar-refractivity contribution in [2.45, 2.75) is 26.2 Å². The van der Waals surface area contributed by atoms with E-state index < -0.39 is 0 Å². The zero-order valence-electron chi connectivity index (χ0n) is 13.3. The molecule has 0 radical (unpaired) electrons. The van der Waals surface area contributed by atoms with Crippen molar-refractivity contribution >= 4 is 11.3 Å². The highest BCUT2D eigenvalue weighted by molar-refractivity contribution is 7.18. The molecular formula is C21H21S+. The predicted molar refractivity (Wildman–Crippen MR) is 98.3 cm³/mol. The molecule has 2 aromatic carbocycles. The van der Waals surface area contributed by atoms with Crippen molar-refractivity contribution in [2.24, 2.45) is 0 Å². The molecule has 0 spiro atoms. The summed E-state index contributed by atoms with van der Waals surface area (Å²) < 4.78 is 0. The summed E-state index contributed by atoms with van der Waals surface area (Å²) in [7, 11) is 0. The average molecular weight is 305 g/mol. The molecule has 0 saturated heterocycles. The van der Waals surface area contributed by atoms with E-state index in [-0.39, 0.29) is 5.41 Å². The fraction of sp³-hybridized carbons (Fsp3) is 0.190. The van der Waals surface area contributed by atoms with Crippen LogP contribution in [0, 0.1) is 0 Å². The molecule has 0 nitrogen and oxygen atoms in total. The maximum absolute atomic E-state index is 2.34. The molecule has 3 aromatic rings. The number of hydrogen-bond acceptors (Lipinski definition) is 0. The van der Waals surface area contributed by atoms with E-state index in [9.17, 15) is 0 Å². The van der Waals surface area contributed by atoms with Crippen LogP contribution in [0.15, 0.2) is 72.8 Å². The van der Waals surface area contributed by atoms with E-state index in [0.717, 1.165) is 0 Å². The second-order valence-electron chi connectivity index (χ2n) is 6.56. The van der Waals surface area contributed by atoms with Crippen molar-refractivity contribution in [2.75, 3.05) is 0 Å². The monoisotopic (exact) mass is 305 g/mol. The van der Waals surface area contributed by atoms with Crippen LogP contribution < -0.4 is 0 Å². The molecule has 0 fully saturated rings. The molecule has 0 unspecified atom stereocenters. The molecule has 0 aliphatic carbocycles. The molecule has 1 heteroatoms. The lowest BCUT2D eigenvalue weighted by Crippen LogP contribution is -2.10. The first-order chi connectivity index (χ1) is 10.5. The minimum atomic E-state index is 0.140. The van der Waals surface area contributed by atoms with E-state index in [1.165, 1.54) is 26.4 Å². The summed E-state index contributed by atoms with van der Waals surface area (Å²) in [6.07, 6.45) is 0. The maximum atomic E-state index is 2.34. The van der Waals surface area contributed by atoms with E-state index in [1.54, 1.807) is 0 Å². The van der Waals surface area contributed by atoms with Crippen LogP contribution in [0.4, 0.5) is 0 Å². The van der Waals surface area contributed by atoms with Gasteiger partial charge in [0.2, 0.25) is 21.1 Å². The molecule has 0 amide bonds. The Hall–Kier alpha value is -1.99. The van der Waals surface area contributed by atoms with Crippen molar-refractivity contribution in [3.8, 4) is 20.9 Å². The number of benzene rings is 2. The summed E-state index contributed by atoms with van der Waals surface area (Å²) in [4.78, 5) is 2.65. The largest absolute Gasteiger partial charge is 0.239 e.